The Morgan fingerprint density at radius 1 is 1.48 bits per heavy atom. The van der Waals surface area contributed by atoms with E-state index in [1.165, 1.54) is 12.1 Å². The van der Waals surface area contributed by atoms with E-state index in [-0.39, 0.29) is 11.5 Å². The Balaban J connectivity index is 1.58. The molecular weight excluding hydrogens is 346 g/mol. The van der Waals surface area contributed by atoms with Crippen LogP contribution >= 0.6 is 12.2 Å². The fourth-order valence-electron chi connectivity index (χ4n) is 2.66. The summed E-state index contributed by atoms with van der Waals surface area (Å²) in [7, 11) is 0. The highest BCUT2D eigenvalue weighted by molar-refractivity contribution is 7.71. The summed E-state index contributed by atoms with van der Waals surface area (Å²) in [4.78, 5) is 12.0. The molecule has 1 aromatic heterocycles. The minimum Gasteiger partial charge on any atom is -0.352 e. The molecule has 1 aliphatic rings. The molecule has 0 atom stereocenters. The van der Waals surface area contributed by atoms with Gasteiger partial charge in [0.15, 0.2) is 4.77 Å². The fourth-order valence-corrected chi connectivity index (χ4v) is 2.96. The van der Waals surface area contributed by atoms with Crippen LogP contribution in [0.15, 0.2) is 24.3 Å². The van der Waals surface area contributed by atoms with Crippen molar-refractivity contribution in [2.45, 2.75) is 32.2 Å². The second-order valence-corrected chi connectivity index (χ2v) is 6.43. The number of aromatic nitrogens is 3. The molecule has 0 saturated heterocycles. The molecule has 0 radical (unpaired) electrons. The molecule has 0 unspecified atom stereocenters. The smallest absolute Gasteiger partial charge is 0.244 e. The number of aromatic amines is 1. The lowest BCUT2D eigenvalue weighted by Gasteiger charge is -2.06. The Hall–Kier alpha value is -2.35. The van der Waals surface area contributed by atoms with Gasteiger partial charge in [-0.3, -0.25) is 9.89 Å². The van der Waals surface area contributed by atoms with E-state index in [9.17, 15) is 13.6 Å². The quantitative estimate of drug-likeness (QED) is 0.611. The minimum atomic E-state index is -0.693. The average Bonchev–Trinajstić information content (AvgIpc) is 3.31. The zero-order chi connectivity index (χ0) is 18.0. The van der Waals surface area contributed by atoms with Gasteiger partial charge in [0.25, 0.3) is 0 Å². The summed E-state index contributed by atoms with van der Waals surface area (Å²) in [6, 6.07) is 3.69. The summed E-state index contributed by atoms with van der Waals surface area (Å²) in [6.45, 7) is 2.00. The van der Waals surface area contributed by atoms with Gasteiger partial charge in [-0.05, 0) is 49.7 Å². The van der Waals surface area contributed by atoms with Gasteiger partial charge in [0.2, 0.25) is 5.91 Å². The lowest BCUT2D eigenvalue weighted by Crippen LogP contribution is -2.25. The lowest BCUT2D eigenvalue weighted by molar-refractivity contribution is -0.116. The number of nitrogens with one attached hydrogen (secondary N) is 2. The number of carbonyl (C=O) groups excluding carboxylic acids is 1. The number of benzene rings is 1. The second kappa shape index (κ2) is 7.26. The summed E-state index contributed by atoms with van der Waals surface area (Å²) >= 11 is 5.21. The largest absolute Gasteiger partial charge is 0.352 e. The fraction of sp³-hybridized carbons (Fsp3) is 0.353. The first-order valence-corrected chi connectivity index (χ1v) is 8.44. The van der Waals surface area contributed by atoms with Gasteiger partial charge in [-0.1, -0.05) is 0 Å². The minimum absolute atomic E-state index is 0.200. The highest BCUT2D eigenvalue weighted by atomic mass is 32.1. The number of rotatable bonds is 6. The van der Waals surface area contributed by atoms with Crippen molar-refractivity contribution in [3.05, 3.63) is 52.1 Å². The van der Waals surface area contributed by atoms with E-state index in [1.54, 1.807) is 6.92 Å². The highest BCUT2D eigenvalue weighted by Crippen LogP contribution is 2.35. The number of carbonyl (C=O) groups is 1. The molecule has 132 valence electrons. The molecule has 2 aromatic rings. The van der Waals surface area contributed by atoms with Crippen molar-refractivity contribution in [1.82, 2.24) is 20.1 Å². The SMILES string of the molecule is C/C(=C\C(=O)NCCc1n[nH]c(=S)n1C1CC1)c1ccc(F)cc1F. The van der Waals surface area contributed by atoms with Crippen LogP contribution in [0.1, 0.15) is 37.2 Å². The zero-order valence-electron chi connectivity index (χ0n) is 13.7. The Morgan fingerprint density at radius 3 is 2.92 bits per heavy atom. The number of allylic oxidation sites excluding steroid dienone is 1. The van der Waals surface area contributed by atoms with Crippen LogP contribution in [0, 0.1) is 16.4 Å². The average molecular weight is 364 g/mol. The Bertz CT molecular complexity index is 883. The van der Waals surface area contributed by atoms with Crippen LogP contribution in [-0.4, -0.2) is 27.2 Å². The maximum absolute atomic E-state index is 13.7. The van der Waals surface area contributed by atoms with Gasteiger partial charge in [0.1, 0.15) is 17.5 Å². The van der Waals surface area contributed by atoms with Crippen LogP contribution in [0.5, 0.6) is 0 Å². The lowest BCUT2D eigenvalue weighted by atomic mass is 10.1. The molecule has 1 fully saturated rings. The molecule has 1 aliphatic carbocycles. The Kier molecular flexibility index (Phi) is 5.08. The maximum Gasteiger partial charge on any atom is 0.244 e. The van der Waals surface area contributed by atoms with Crippen LogP contribution in [0.4, 0.5) is 8.78 Å². The zero-order valence-corrected chi connectivity index (χ0v) is 14.5. The molecule has 0 spiro atoms. The molecular formula is C17H18F2N4OS. The van der Waals surface area contributed by atoms with Crippen molar-refractivity contribution in [3.8, 4) is 0 Å². The van der Waals surface area contributed by atoms with Crippen LogP contribution < -0.4 is 5.32 Å². The third kappa shape index (κ3) is 4.19. The predicted molar refractivity (Wildman–Crippen MR) is 92.4 cm³/mol. The van der Waals surface area contributed by atoms with Crippen molar-refractivity contribution in [2.75, 3.05) is 6.54 Å². The van der Waals surface area contributed by atoms with Crippen molar-refractivity contribution in [2.24, 2.45) is 0 Å². The molecule has 2 N–H and O–H groups in total. The van der Waals surface area contributed by atoms with Gasteiger partial charge < -0.3 is 9.88 Å². The van der Waals surface area contributed by atoms with Crippen molar-refractivity contribution in [1.29, 1.82) is 0 Å². The molecule has 8 heteroatoms. The third-order valence-electron chi connectivity index (χ3n) is 4.04. The van der Waals surface area contributed by atoms with Crippen molar-refractivity contribution < 1.29 is 13.6 Å². The first-order chi connectivity index (χ1) is 12.0. The number of hydrogen-bond acceptors (Lipinski definition) is 3. The van der Waals surface area contributed by atoms with Gasteiger partial charge in [-0.25, -0.2) is 8.78 Å². The Labute approximate surface area is 148 Å². The van der Waals surface area contributed by atoms with Crippen LogP contribution in [0.3, 0.4) is 0 Å². The van der Waals surface area contributed by atoms with E-state index < -0.39 is 11.6 Å². The van der Waals surface area contributed by atoms with Gasteiger partial charge >= 0.3 is 0 Å². The number of amides is 1. The summed E-state index contributed by atoms with van der Waals surface area (Å²) in [5.41, 5.74) is 0.627. The first-order valence-electron chi connectivity index (χ1n) is 8.03. The summed E-state index contributed by atoms with van der Waals surface area (Å²) in [5, 5.41) is 9.72. The van der Waals surface area contributed by atoms with Crippen molar-refractivity contribution >= 4 is 23.7 Å². The molecule has 3 rings (SSSR count). The summed E-state index contributed by atoms with van der Waals surface area (Å²) < 4.78 is 29.3. The number of hydrogen-bond donors (Lipinski definition) is 2. The number of halogens is 2. The first kappa shape index (κ1) is 17.5. The molecule has 0 bridgehead atoms. The molecule has 0 aliphatic heterocycles. The van der Waals surface area contributed by atoms with E-state index in [0.717, 1.165) is 30.8 Å². The normalized spacial score (nSPS) is 14.6. The number of H-pyrrole nitrogens is 1. The van der Waals surface area contributed by atoms with Gasteiger partial charge in [0.05, 0.1) is 0 Å². The third-order valence-corrected chi connectivity index (χ3v) is 4.33. The summed E-state index contributed by atoms with van der Waals surface area (Å²) in [5.74, 6) is -0.865. The molecule has 1 amide bonds. The van der Waals surface area contributed by atoms with Crippen LogP contribution in [-0.2, 0) is 11.2 Å². The monoisotopic (exact) mass is 364 g/mol. The maximum atomic E-state index is 13.7. The van der Waals surface area contributed by atoms with Gasteiger partial charge in [0, 0.05) is 36.7 Å². The topological polar surface area (TPSA) is 62.7 Å². The predicted octanol–water partition coefficient (Wildman–Crippen LogP) is 3.32. The van der Waals surface area contributed by atoms with E-state index in [1.807, 2.05) is 4.57 Å². The van der Waals surface area contributed by atoms with Crippen LogP contribution in [0.2, 0.25) is 0 Å². The van der Waals surface area contributed by atoms with E-state index in [0.29, 0.717) is 29.4 Å². The molecule has 1 saturated carbocycles. The van der Waals surface area contributed by atoms with Crippen LogP contribution in [0.25, 0.3) is 5.57 Å². The van der Waals surface area contributed by atoms with E-state index in [2.05, 4.69) is 15.5 Å². The molecule has 25 heavy (non-hydrogen) atoms. The Morgan fingerprint density at radius 2 is 2.24 bits per heavy atom. The standard InChI is InChI=1S/C17H18F2N4OS/c1-10(13-5-2-11(18)9-14(13)19)8-16(24)20-7-6-15-21-22-17(25)23(15)12-3-4-12/h2,5,8-9,12H,3-4,6-7H2,1H3,(H,20,24)(H,22,25)/b10-8+. The second-order valence-electron chi connectivity index (χ2n) is 6.04. The number of nitrogens with zero attached hydrogens (tertiary/aromatic N) is 2. The highest BCUT2D eigenvalue weighted by Gasteiger charge is 2.26. The molecule has 5 nitrogen and oxygen atoms in total. The van der Waals surface area contributed by atoms with Gasteiger partial charge in [-0.15, -0.1) is 0 Å². The summed E-state index contributed by atoms with van der Waals surface area (Å²) in [6.07, 6.45) is 4.04. The molecule has 1 heterocycles. The van der Waals surface area contributed by atoms with E-state index >= 15 is 0 Å². The van der Waals surface area contributed by atoms with Gasteiger partial charge in [-0.2, -0.15) is 5.10 Å². The molecule has 1 aromatic carbocycles. The van der Waals surface area contributed by atoms with Crippen molar-refractivity contribution in [3.63, 3.8) is 0 Å². The van der Waals surface area contributed by atoms with E-state index in [4.69, 9.17) is 12.2 Å².